The van der Waals surface area contributed by atoms with Crippen molar-refractivity contribution in [2.75, 3.05) is 0 Å². The Bertz CT molecular complexity index is 816. The van der Waals surface area contributed by atoms with E-state index in [0.717, 1.165) is 10.0 Å². The van der Waals surface area contributed by atoms with Gasteiger partial charge in [0.1, 0.15) is 0 Å². The third-order valence-corrected chi connectivity index (χ3v) is 5.94. The van der Waals surface area contributed by atoms with Gasteiger partial charge in [0.15, 0.2) is 0 Å². The van der Waals surface area contributed by atoms with Gasteiger partial charge < -0.3 is 0 Å². The van der Waals surface area contributed by atoms with Gasteiger partial charge in [0.05, 0.1) is 0 Å². The van der Waals surface area contributed by atoms with Crippen molar-refractivity contribution in [1.82, 2.24) is 0 Å². The van der Waals surface area contributed by atoms with E-state index < -0.39 is 0 Å². The van der Waals surface area contributed by atoms with Gasteiger partial charge in [-0.05, 0) is 46.5 Å². The van der Waals surface area contributed by atoms with Crippen LogP contribution in [0.15, 0.2) is 72.8 Å². The lowest BCUT2D eigenvalue weighted by Crippen LogP contribution is -2.22. The zero-order valence-corrected chi connectivity index (χ0v) is 17.2. The van der Waals surface area contributed by atoms with E-state index in [1.54, 1.807) is 0 Å². The molecule has 3 aromatic carbocycles. The van der Waals surface area contributed by atoms with Crippen molar-refractivity contribution in [3.63, 3.8) is 0 Å². The highest BCUT2D eigenvalue weighted by Gasteiger charge is 2.27. The largest absolute Gasteiger partial charge is 0.0843 e. The lowest BCUT2D eigenvalue weighted by molar-refractivity contribution is 0.617. The van der Waals surface area contributed by atoms with E-state index in [1.165, 1.54) is 22.3 Å². The Morgan fingerprint density at radius 1 is 0.500 bits per heavy atom. The molecule has 26 heavy (non-hydrogen) atoms. The average Bonchev–Trinajstić information content (AvgIpc) is 2.62. The summed E-state index contributed by atoms with van der Waals surface area (Å²) < 4.78 is 0. The Balaban J connectivity index is 2.02. The highest BCUT2D eigenvalue weighted by atomic mass is 35.5. The van der Waals surface area contributed by atoms with Crippen LogP contribution >= 0.6 is 23.2 Å². The summed E-state index contributed by atoms with van der Waals surface area (Å²) in [7, 11) is 0. The lowest BCUT2D eigenvalue weighted by Gasteiger charge is -2.31. The second-order valence-corrected chi connectivity index (χ2v) is 8.72. The smallest absolute Gasteiger partial charge is 0.0406 e. The summed E-state index contributed by atoms with van der Waals surface area (Å²) in [5, 5.41) is 1.53. The quantitative estimate of drug-likeness (QED) is 0.434. The van der Waals surface area contributed by atoms with E-state index in [4.69, 9.17) is 23.2 Å². The van der Waals surface area contributed by atoms with E-state index in [9.17, 15) is 0 Å². The van der Waals surface area contributed by atoms with Crippen LogP contribution in [0.25, 0.3) is 0 Å². The van der Waals surface area contributed by atoms with Crippen molar-refractivity contribution in [3.05, 3.63) is 105 Å². The van der Waals surface area contributed by atoms with Crippen LogP contribution < -0.4 is 0 Å². The molecule has 0 spiro atoms. The minimum atomic E-state index is -0.101. The Kier molecular flexibility index (Phi) is 5.19. The maximum absolute atomic E-state index is 6.06. The van der Waals surface area contributed by atoms with Crippen molar-refractivity contribution in [3.8, 4) is 0 Å². The summed E-state index contributed by atoms with van der Waals surface area (Å²) in [6, 6.07) is 25.2. The molecular formula is C24H24Cl2. The minimum absolute atomic E-state index is 0.101. The van der Waals surface area contributed by atoms with Crippen molar-refractivity contribution < 1.29 is 0 Å². The molecule has 0 atom stereocenters. The molecule has 0 nitrogen and oxygen atoms in total. The van der Waals surface area contributed by atoms with Gasteiger partial charge in [-0.2, -0.15) is 0 Å². The van der Waals surface area contributed by atoms with Crippen molar-refractivity contribution in [2.45, 2.75) is 38.5 Å². The highest BCUT2D eigenvalue weighted by molar-refractivity contribution is 6.30. The van der Waals surface area contributed by atoms with Crippen LogP contribution in [0.4, 0.5) is 0 Å². The van der Waals surface area contributed by atoms with Gasteiger partial charge in [-0.3, -0.25) is 0 Å². The van der Waals surface area contributed by atoms with E-state index in [2.05, 4.69) is 76.2 Å². The minimum Gasteiger partial charge on any atom is -0.0843 e. The fourth-order valence-electron chi connectivity index (χ4n) is 3.36. The average molecular weight is 383 g/mol. The van der Waals surface area contributed by atoms with Crippen molar-refractivity contribution in [2.24, 2.45) is 0 Å². The first-order valence-electron chi connectivity index (χ1n) is 8.84. The van der Waals surface area contributed by atoms with Gasteiger partial charge >= 0.3 is 0 Å². The summed E-state index contributed by atoms with van der Waals surface area (Å²) in [5.41, 5.74) is 4.89. The molecule has 0 aromatic heterocycles. The normalized spacial score (nSPS) is 12.2. The number of halogens is 2. The van der Waals surface area contributed by atoms with Crippen LogP contribution in [0.5, 0.6) is 0 Å². The first-order valence-corrected chi connectivity index (χ1v) is 9.60. The van der Waals surface area contributed by atoms with Gasteiger partial charge in [-0.15, -0.1) is 0 Å². The predicted octanol–water partition coefficient (Wildman–Crippen LogP) is 7.65. The molecule has 0 aliphatic heterocycles. The first-order chi connectivity index (χ1) is 12.2. The van der Waals surface area contributed by atoms with Crippen LogP contribution in [0.2, 0.25) is 10.0 Å². The standard InChI is InChI=1S/C24H24Cl2/c1-23(2,17-8-12-21(25)13-9-17)19-6-5-7-20(16-19)24(3,4)18-10-14-22(26)15-11-18/h5-16H,1-4H3. The van der Waals surface area contributed by atoms with Gasteiger partial charge in [0, 0.05) is 20.9 Å². The van der Waals surface area contributed by atoms with Crippen LogP contribution in [-0.2, 0) is 10.8 Å². The lowest BCUT2D eigenvalue weighted by atomic mass is 9.73. The molecule has 0 unspecified atom stereocenters. The molecule has 134 valence electrons. The molecule has 0 fully saturated rings. The number of hydrogen-bond donors (Lipinski definition) is 0. The second kappa shape index (κ2) is 7.10. The van der Waals surface area contributed by atoms with Gasteiger partial charge in [0.25, 0.3) is 0 Å². The van der Waals surface area contributed by atoms with Crippen LogP contribution in [0, 0.1) is 0 Å². The molecule has 0 bridgehead atoms. The van der Waals surface area contributed by atoms with E-state index in [0.29, 0.717) is 0 Å². The zero-order valence-electron chi connectivity index (χ0n) is 15.7. The molecule has 0 amide bonds. The van der Waals surface area contributed by atoms with Crippen molar-refractivity contribution >= 4 is 23.2 Å². The van der Waals surface area contributed by atoms with Crippen LogP contribution in [-0.4, -0.2) is 0 Å². The molecular weight excluding hydrogens is 359 g/mol. The molecule has 0 N–H and O–H groups in total. The highest BCUT2D eigenvalue weighted by Crippen LogP contribution is 2.37. The Labute approximate surface area is 166 Å². The van der Waals surface area contributed by atoms with Gasteiger partial charge in [-0.1, -0.05) is 99.4 Å². The van der Waals surface area contributed by atoms with E-state index >= 15 is 0 Å². The third-order valence-electron chi connectivity index (χ3n) is 5.44. The molecule has 0 heterocycles. The Hall–Kier alpha value is -1.76. The topological polar surface area (TPSA) is 0 Å². The predicted molar refractivity (Wildman–Crippen MR) is 114 cm³/mol. The Morgan fingerprint density at radius 2 is 0.846 bits per heavy atom. The van der Waals surface area contributed by atoms with Gasteiger partial charge in [-0.25, -0.2) is 0 Å². The number of rotatable bonds is 4. The Morgan fingerprint density at radius 3 is 1.19 bits per heavy atom. The summed E-state index contributed by atoms with van der Waals surface area (Å²) >= 11 is 12.1. The summed E-state index contributed by atoms with van der Waals surface area (Å²) in [4.78, 5) is 0. The van der Waals surface area contributed by atoms with Crippen LogP contribution in [0.1, 0.15) is 49.9 Å². The number of benzene rings is 3. The molecule has 3 rings (SSSR count). The molecule has 0 aliphatic carbocycles. The van der Waals surface area contributed by atoms with E-state index in [1.807, 2.05) is 24.3 Å². The SMILES string of the molecule is CC(C)(c1ccc(Cl)cc1)c1cccc(C(C)(C)c2ccc(Cl)cc2)c1. The first kappa shape index (κ1) is 19.0. The maximum Gasteiger partial charge on any atom is 0.0406 e. The maximum atomic E-state index is 6.06. The second-order valence-electron chi connectivity index (χ2n) is 7.84. The fraction of sp³-hybridized carbons (Fsp3) is 0.250. The summed E-state index contributed by atoms with van der Waals surface area (Å²) in [6.07, 6.45) is 0. The zero-order chi connectivity index (χ0) is 18.9. The molecule has 0 saturated heterocycles. The van der Waals surface area contributed by atoms with Gasteiger partial charge in [0.2, 0.25) is 0 Å². The molecule has 0 saturated carbocycles. The van der Waals surface area contributed by atoms with Crippen molar-refractivity contribution in [1.29, 1.82) is 0 Å². The van der Waals surface area contributed by atoms with E-state index in [-0.39, 0.29) is 10.8 Å². The molecule has 2 heteroatoms. The summed E-state index contributed by atoms with van der Waals surface area (Å²) in [6.45, 7) is 9.02. The third kappa shape index (κ3) is 3.68. The molecule has 0 aliphatic rings. The number of hydrogen-bond acceptors (Lipinski definition) is 0. The molecule has 0 radical (unpaired) electrons. The fourth-order valence-corrected chi connectivity index (χ4v) is 3.62. The summed E-state index contributed by atoms with van der Waals surface area (Å²) in [5.74, 6) is 0. The molecule has 3 aromatic rings. The monoisotopic (exact) mass is 382 g/mol. The van der Waals surface area contributed by atoms with Crippen LogP contribution in [0.3, 0.4) is 0 Å².